The number of hydrogen-bond donors (Lipinski definition) is 1. The van der Waals surface area contributed by atoms with E-state index >= 15 is 0 Å². The summed E-state index contributed by atoms with van der Waals surface area (Å²) in [4.78, 5) is 2.42. The van der Waals surface area contributed by atoms with E-state index in [1.165, 1.54) is 36.1 Å². The summed E-state index contributed by atoms with van der Waals surface area (Å²) in [5, 5.41) is 0. The van der Waals surface area contributed by atoms with E-state index in [1.54, 1.807) is 0 Å². The third-order valence-electron chi connectivity index (χ3n) is 3.78. The van der Waals surface area contributed by atoms with Crippen molar-refractivity contribution in [2.24, 2.45) is 11.7 Å². The van der Waals surface area contributed by atoms with Gasteiger partial charge in [-0.05, 0) is 50.8 Å². The Labute approximate surface area is 105 Å². The first-order valence-electron chi connectivity index (χ1n) is 6.55. The second-order valence-corrected chi connectivity index (χ2v) is 5.72. The predicted octanol–water partition coefficient (Wildman–Crippen LogP) is 2.47. The molecular weight excluding hydrogens is 208 g/mol. The zero-order chi connectivity index (χ0) is 12.4. The first-order valence-corrected chi connectivity index (χ1v) is 6.55. The summed E-state index contributed by atoms with van der Waals surface area (Å²) >= 11 is 0. The van der Waals surface area contributed by atoms with Crippen LogP contribution in [-0.4, -0.2) is 24.5 Å². The summed E-state index contributed by atoms with van der Waals surface area (Å²) in [6.45, 7) is 6.59. The molecule has 1 aromatic rings. The zero-order valence-electron chi connectivity index (χ0n) is 11.2. The minimum atomic E-state index is 0.467. The molecule has 0 bridgehead atoms. The Morgan fingerprint density at radius 3 is 2.59 bits per heavy atom. The SMILES string of the molecule is Cc1ccc(CN(C)CC2CC(N)C2)c(C)c1. The van der Waals surface area contributed by atoms with E-state index in [-0.39, 0.29) is 0 Å². The zero-order valence-corrected chi connectivity index (χ0v) is 11.2. The molecule has 2 N–H and O–H groups in total. The average molecular weight is 232 g/mol. The van der Waals surface area contributed by atoms with Crippen molar-refractivity contribution in [3.05, 3.63) is 34.9 Å². The van der Waals surface area contributed by atoms with Crippen molar-refractivity contribution in [2.75, 3.05) is 13.6 Å². The molecule has 0 spiro atoms. The smallest absolute Gasteiger partial charge is 0.0233 e. The molecule has 0 saturated heterocycles. The van der Waals surface area contributed by atoms with Gasteiger partial charge in [0.05, 0.1) is 0 Å². The molecule has 1 aliphatic carbocycles. The van der Waals surface area contributed by atoms with Crippen LogP contribution < -0.4 is 5.73 Å². The molecular formula is C15H24N2. The molecule has 0 unspecified atom stereocenters. The number of hydrogen-bond acceptors (Lipinski definition) is 2. The van der Waals surface area contributed by atoms with Crippen molar-refractivity contribution in [1.82, 2.24) is 4.90 Å². The Morgan fingerprint density at radius 1 is 1.29 bits per heavy atom. The summed E-state index contributed by atoms with van der Waals surface area (Å²) in [6, 6.07) is 7.19. The maximum absolute atomic E-state index is 5.82. The maximum atomic E-state index is 5.82. The van der Waals surface area contributed by atoms with Gasteiger partial charge in [0.2, 0.25) is 0 Å². The van der Waals surface area contributed by atoms with E-state index in [9.17, 15) is 0 Å². The molecule has 1 aliphatic rings. The summed E-state index contributed by atoms with van der Waals surface area (Å²) in [5.41, 5.74) is 10.0. The van der Waals surface area contributed by atoms with Gasteiger partial charge in [-0.2, -0.15) is 0 Å². The number of nitrogens with zero attached hydrogens (tertiary/aromatic N) is 1. The van der Waals surface area contributed by atoms with Crippen LogP contribution in [0.3, 0.4) is 0 Å². The Kier molecular flexibility index (Phi) is 3.85. The van der Waals surface area contributed by atoms with E-state index < -0.39 is 0 Å². The van der Waals surface area contributed by atoms with Crippen LogP contribution in [0.4, 0.5) is 0 Å². The lowest BCUT2D eigenvalue weighted by Gasteiger charge is -2.35. The lowest BCUT2D eigenvalue weighted by Crippen LogP contribution is -2.41. The molecule has 0 atom stereocenters. The fraction of sp³-hybridized carbons (Fsp3) is 0.600. The predicted molar refractivity (Wildman–Crippen MR) is 72.9 cm³/mol. The van der Waals surface area contributed by atoms with Crippen LogP contribution in [0.25, 0.3) is 0 Å². The van der Waals surface area contributed by atoms with Gasteiger partial charge in [0.15, 0.2) is 0 Å². The van der Waals surface area contributed by atoms with Crippen molar-refractivity contribution < 1.29 is 0 Å². The minimum Gasteiger partial charge on any atom is -0.328 e. The highest BCUT2D eigenvalue weighted by atomic mass is 15.1. The maximum Gasteiger partial charge on any atom is 0.0233 e. The standard InChI is InChI=1S/C15H24N2/c1-11-4-5-14(12(2)6-11)10-17(3)9-13-7-15(16)8-13/h4-6,13,15H,7-10,16H2,1-3H3. The van der Waals surface area contributed by atoms with Crippen LogP contribution in [0.15, 0.2) is 18.2 Å². The van der Waals surface area contributed by atoms with Gasteiger partial charge in [-0.1, -0.05) is 23.8 Å². The normalized spacial score (nSPS) is 23.8. The van der Waals surface area contributed by atoms with E-state index in [4.69, 9.17) is 5.73 Å². The Morgan fingerprint density at radius 2 is 2.00 bits per heavy atom. The van der Waals surface area contributed by atoms with Crippen LogP contribution in [-0.2, 0) is 6.54 Å². The topological polar surface area (TPSA) is 29.3 Å². The quantitative estimate of drug-likeness (QED) is 0.864. The van der Waals surface area contributed by atoms with E-state index in [1.807, 2.05) is 0 Å². The monoisotopic (exact) mass is 232 g/mol. The lowest BCUT2D eigenvalue weighted by atomic mass is 9.80. The second-order valence-electron chi connectivity index (χ2n) is 5.72. The lowest BCUT2D eigenvalue weighted by molar-refractivity contribution is 0.178. The molecule has 0 heterocycles. The summed E-state index contributed by atoms with van der Waals surface area (Å²) in [5.74, 6) is 0.820. The molecule has 94 valence electrons. The third-order valence-corrected chi connectivity index (χ3v) is 3.78. The Bertz CT molecular complexity index is 381. The van der Waals surface area contributed by atoms with Crippen LogP contribution in [0, 0.1) is 19.8 Å². The van der Waals surface area contributed by atoms with Gasteiger partial charge < -0.3 is 10.6 Å². The van der Waals surface area contributed by atoms with Gasteiger partial charge >= 0.3 is 0 Å². The fourth-order valence-corrected chi connectivity index (χ4v) is 2.76. The first-order chi connectivity index (χ1) is 8.04. The van der Waals surface area contributed by atoms with Crippen molar-refractivity contribution in [3.63, 3.8) is 0 Å². The van der Waals surface area contributed by atoms with Crippen molar-refractivity contribution in [1.29, 1.82) is 0 Å². The van der Waals surface area contributed by atoms with E-state index in [2.05, 4.69) is 44.0 Å². The fourth-order valence-electron chi connectivity index (χ4n) is 2.76. The highest BCUT2D eigenvalue weighted by Crippen LogP contribution is 2.26. The van der Waals surface area contributed by atoms with Gasteiger partial charge in [0.1, 0.15) is 0 Å². The number of benzene rings is 1. The molecule has 2 nitrogen and oxygen atoms in total. The number of rotatable bonds is 4. The van der Waals surface area contributed by atoms with Crippen LogP contribution in [0.2, 0.25) is 0 Å². The van der Waals surface area contributed by atoms with Crippen LogP contribution in [0.5, 0.6) is 0 Å². The van der Waals surface area contributed by atoms with E-state index in [0.717, 1.165) is 12.5 Å². The second kappa shape index (κ2) is 5.19. The molecule has 0 aliphatic heterocycles. The first kappa shape index (κ1) is 12.6. The molecule has 0 radical (unpaired) electrons. The van der Waals surface area contributed by atoms with Gasteiger partial charge in [-0.3, -0.25) is 0 Å². The van der Waals surface area contributed by atoms with Crippen molar-refractivity contribution >= 4 is 0 Å². The van der Waals surface area contributed by atoms with Gasteiger partial charge in [0.25, 0.3) is 0 Å². The van der Waals surface area contributed by atoms with Gasteiger partial charge in [-0.25, -0.2) is 0 Å². The molecule has 1 aromatic carbocycles. The molecule has 2 heteroatoms. The third kappa shape index (κ3) is 3.30. The summed E-state index contributed by atoms with van der Waals surface area (Å²) < 4.78 is 0. The molecule has 1 fully saturated rings. The summed E-state index contributed by atoms with van der Waals surface area (Å²) in [6.07, 6.45) is 2.41. The molecule has 2 rings (SSSR count). The Balaban J connectivity index is 1.87. The van der Waals surface area contributed by atoms with Gasteiger partial charge in [0, 0.05) is 19.1 Å². The largest absolute Gasteiger partial charge is 0.328 e. The van der Waals surface area contributed by atoms with Crippen LogP contribution in [0.1, 0.15) is 29.5 Å². The van der Waals surface area contributed by atoms with Crippen LogP contribution >= 0.6 is 0 Å². The molecule has 0 aromatic heterocycles. The number of aryl methyl sites for hydroxylation is 2. The molecule has 1 saturated carbocycles. The number of nitrogens with two attached hydrogens (primary N) is 1. The highest BCUT2D eigenvalue weighted by molar-refractivity contribution is 5.30. The van der Waals surface area contributed by atoms with E-state index in [0.29, 0.717) is 6.04 Å². The van der Waals surface area contributed by atoms with Crippen molar-refractivity contribution in [2.45, 2.75) is 39.3 Å². The molecule has 17 heavy (non-hydrogen) atoms. The van der Waals surface area contributed by atoms with Crippen molar-refractivity contribution in [3.8, 4) is 0 Å². The Hall–Kier alpha value is -0.860. The van der Waals surface area contributed by atoms with Gasteiger partial charge in [-0.15, -0.1) is 0 Å². The highest BCUT2D eigenvalue weighted by Gasteiger charge is 2.26. The summed E-state index contributed by atoms with van der Waals surface area (Å²) in [7, 11) is 2.21. The molecule has 0 amide bonds. The minimum absolute atomic E-state index is 0.467. The average Bonchev–Trinajstić information content (AvgIpc) is 2.20.